The molecule has 2 unspecified atom stereocenters. The Kier molecular flexibility index (Phi) is 4.83. The van der Waals surface area contributed by atoms with Crippen LogP contribution in [0.2, 0.25) is 0 Å². The number of nitrogens with one attached hydrogen (secondary N) is 3. The molecule has 0 saturated heterocycles. The van der Waals surface area contributed by atoms with Crippen molar-refractivity contribution in [2.45, 2.75) is 45.1 Å². The molecule has 2 aliphatic rings. The highest BCUT2D eigenvalue weighted by molar-refractivity contribution is 6.00. The standard InChI is InChI=1S/C18H23N3O3/c1-11(22)19-13-7-4-8-14(9-13)21-18(24)16-10-15(16)17(23)20-12-5-2-3-6-12/h4,7-9,12,15-16H,2-3,5-6,10H2,1H3,(H,19,22)(H,20,23)(H,21,24). The van der Waals surface area contributed by atoms with Crippen molar-refractivity contribution in [1.82, 2.24) is 5.32 Å². The van der Waals surface area contributed by atoms with Crippen molar-refractivity contribution < 1.29 is 14.4 Å². The SMILES string of the molecule is CC(=O)Nc1cccc(NC(=O)C2CC2C(=O)NC2CCCC2)c1. The van der Waals surface area contributed by atoms with Crippen LogP contribution in [0, 0.1) is 11.8 Å². The van der Waals surface area contributed by atoms with E-state index in [-0.39, 0.29) is 35.6 Å². The number of hydrogen-bond donors (Lipinski definition) is 3. The van der Waals surface area contributed by atoms with Crippen LogP contribution in [-0.2, 0) is 14.4 Å². The second kappa shape index (κ2) is 7.03. The van der Waals surface area contributed by atoms with Gasteiger partial charge in [0.05, 0.1) is 11.8 Å². The molecule has 3 rings (SSSR count). The van der Waals surface area contributed by atoms with Gasteiger partial charge in [0.25, 0.3) is 0 Å². The lowest BCUT2D eigenvalue weighted by atomic mass is 10.2. The molecular weight excluding hydrogens is 306 g/mol. The molecule has 1 aromatic carbocycles. The van der Waals surface area contributed by atoms with Gasteiger partial charge in [-0.15, -0.1) is 0 Å². The maximum Gasteiger partial charge on any atom is 0.228 e. The predicted molar refractivity (Wildman–Crippen MR) is 91.4 cm³/mol. The molecule has 3 N–H and O–H groups in total. The maximum atomic E-state index is 12.3. The average Bonchev–Trinajstić information content (AvgIpc) is 3.18. The van der Waals surface area contributed by atoms with Gasteiger partial charge in [-0.3, -0.25) is 14.4 Å². The lowest BCUT2D eigenvalue weighted by Gasteiger charge is -2.11. The Morgan fingerprint density at radius 1 is 0.958 bits per heavy atom. The summed E-state index contributed by atoms with van der Waals surface area (Å²) in [5.74, 6) is -0.750. The van der Waals surface area contributed by atoms with E-state index in [9.17, 15) is 14.4 Å². The zero-order valence-electron chi connectivity index (χ0n) is 13.8. The van der Waals surface area contributed by atoms with Crippen molar-refractivity contribution in [3.05, 3.63) is 24.3 Å². The van der Waals surface area contributed by atoms with Crippen molar-refractivity contribution in [3.63, 3.8) is 0 Å². The second-order valence-electron chi connectivity index (χ2n) is 6.69. The van der Waals surface area contributed by atoms with Crippen LogP contribution in [-0.4, -0.2) is 23.8 Å². The minimum absolute atomic E-state index is 0.00838. The molecule has 0 radical (unpaired) electrons. The Morgan fingerprint density at radius 2 is 1.58 bits per heavy atom. The highest BCUT2D eigenvalue weighted by atomic mass is 16.2. The molecule has 0 heterocycles. The maximum absolute atomic E-state index is 12.3. The number of carbonyl (C=O) groups excluding carboxylic acids is 3. The zero-order valence-corrected chi connectivity index (χ0v) is 13.8. The van der Waals surface area contributed by atoms with Crippen LogP contribution in [0.5, 0.6) is 0 Å². The third-order valence-corrected chi connectivity index (χ3v) is 4.62. The molecule has 2 aliphatic carbocycles. The molecule has 2 fully saturated rings. The van der Waals surface area contributed by atoms with E-state index < -0.39 is 0 Å². The zero-order chi connectivity index (χ0) is 17.1. The van der Waals surface area contributed by atoms with Gasteiger partial charge in [-0.2, -0.15) is 0 Å². The average molecular weight is 329 g/mol. The van der Waals surface area contributed by atoms with E-state index in [0.717, 1.165) is 12.8 Å². The first-order valence-electron chi connectivity index (χ1n) is 8.52. The molecule has 0 aromatic heterocycles. The van der Waals surface area contributed by atoms with Gasteiger partial charge in [-0.1, -0.05) is 18.9 Å². The molecule has 0 bridgehead atoms. The molecule has 1 aromatic rings. The van der Waals surface area contributed by atoms with Crippen molar-refractivity contribution in [3.8, 4) is 0 Å². The second-order valence-corrected chi connectivity index (χ2v) is 6.69. The summed E-state index contributed by atoms with van der Waals surface area (Å²) in [6.07, 6.45) is 5.04. The predicted octanol–water partition coefficient (Wildman–Crippen LogP) is 2.28. The van der Waals surface area contributed by atoms with E-state index >= 15 is 0 Å². The van der Waals surface area contributed by atoms with Crippen LogP contribution < -0.4 is 16.0 Å². The lowest BCUT2D eigenvalue weighted by Crippen LogP contribution is -2.34. The Labute approximate surface area is 141 Å². The minimum atomic E-state index is -0.254. The molecule has 6 heteroatoms. The van der Waals surface area contributed by atoms with Gasteiger partial charge >= 0.3 is 0 Å². The minimum Gasteiger partial charge on any atom is -0.353 e. The summed E-state index contributed by atoms with van der Waals surface area (Å²) in [7, 11) is 0. The van der Waals surface area contributed by atoms with E-state index in [2.05, 4.69) is 16.0 Å². The molecular formula is C18H23N3O3. The summed E-state index contributed by atoms with van der Waals surface area (Å²) in [5, 5.41) is 8.56. The number of carbonyl (C=O) groups is 3. The highest BCUT2D eigenvalue weighted by Crippen LogP contribution is 2.40. The van der Waals surface area contributed by atoms with Crippen LogP contribution in [0.3, 0.4) is 0 Å². The Hall–Kier alpha value is -2.37. The van der Waals surface area contributed by atoms with Crippen molar-refractivity contribution in [2.24, 2.45) is 11.8 Å². The highest BCUT2D eigenvalue weighted by Gasteiger charge is 2.48. The number of amides is 3. The van der Waals surface area contributed by atoms with Crippen LogP contribution >= 0.6 is 0 Å². The summed E-state index contributed by atoms with van der Waals surface area (Å²) >= 11 is 0. The molecule has 6 nitrogen and oxygen atoms in total. The van der Waals surface area contributed by atoms with Gasteiger partial charge in [-0.05, 0) is 37.5 Å². The fourth-order valence-electron chi connectivity index (χ4n) is 3.27. The number of hydrogen-bond acceptors (Lipinski definition) is 3. The summed E-state index contributed by atoms with van der Waals surface area (Å²) < 4.78 is 0. The molecule has 24 heavy (non-hydrogen) atoms. The number of rotatable bonds is 5. The van der Waals surface area contributed by atoms with Crippen LogP contribution in [0.25, 0.3) is 0 Å². The smallest absolute Gasteiger partial charge is 0.228 e. The third kappa shape index (κ3) is 4.13. The first kappa shape index (κ1) is 16.5. The largest absolute Gasteiger partial charge is 0.353 e. The van der Waals surface area contributed by atoms with Crippen LogP contribution in [0.4, 0.5) is 11.4 Å². The van der Waals surface area contributed by atoms with E-state index in [1.807, 2.05) is 0 Å². The Balaban J connectivity index is 1.51. The molecule has 0 aliphatic heterocycles. The summed E-state index contributed by atoms with van der Waals surface area (Å²) in [6.45, 7) is 1.43. The molecule has 0 spiro atoms. The first-order valence-corrected chi connectivity index (χ1v) is 8.52. The third-order valence-electron chi connectivity index (χ3n) is 4.62. The molecule has 3 amide bonds. The van der Waals surface area contributed by atoms with E-state index in [1.54, 1.807) is 24.3 Å². The Morgan fingerprint density at radius 3 is 2.25 bits per heavy atom. The lowest BCUT2D eigenvalue weighted by molar-refractivity contribution is -0.125. The van der Waals surface area contributed by atoms with E-state index in [1.165, 1.54) is 19.8 Å². The normalized spacial score (nSPS) is 22.7. The molecule has 128 valence electrons. The number of benzene rings is 1. The van der Waals surface area contributed by atoms with Gasteiger partial charge in [0.2, 0.25) is 17.7 Å². The van der Waals surface area contributed by atoms with Gasteiger partial charge in [-0.25, -0.2) is 0 Å². The fraction of sp³-hybridized carbons (Fsp3) is 0.500. The van der Waals surface area contributed by atoms with Gasteiger partial charge in [0, 0.05) is 24.3 Å². The summed E-state index contributed by atoms with van der Waals surface area (Å²) in [6, 6.07) is 7.27. The van der Waals surface area contributed by atoms with E-state index in [4.69, 9.17) is 0 Å². The fourth-order valence-corrected chi connectivity index (χ4v) is 3.27. The topological polar surface area (TPSA) is 87.3 Å². The summed E-state index contributed by atoms with van der Waals surface area (Å²) in [5.41, 5.74) is 1.25. The van der Waals surface area contributed by atoms with Crippen LogP contribution in [0.1, 0.15) is 39.0 Å². The number of anilines is 2. The van der Waals surface area contributed by atoms with Crippen LogP contribution in [0.15, 0.2) is 24.3 Å². The van der Waals surface area contributed by atoms with E-state index in [0.29, 0.717) is 17.8 Å². The van der Waals surface area contributed by atoms with Gasteiger partial charge in [0.15, 0.2) is 0 Å². The summed E-state index contributed by atoms with van der Waals surface area (Å²) in [4.78, 5) is 35.5. The van der Waals surface area contributed by atoms with Crippen molar-refractivity contribution >= 4 is 29.1 Å². The molecule has 2 saturated carbocycles. The van der Waals surface area contributed by atoms with Gasteiger partial charge < -0.3 is 16.0 Å². The Bertz CT molecular complexity index is 653. The van der Waals surface area contributed by atoms with Crippen molar-refractivity contribution in [2.75, 3.05) is 10.6 Å². The monoisotopic (exact) mass is 329 g/mol. The van der Waals surface area contributed by atoms with Gasteiger partial charge in [0.1, 0.15) is 0 Å². The molecule has 2 atom stereocenters. The quantitative estimate of drug-likeness (QED) is 0.774. The first-order chi connectivity index (χ1) is 11.5. The van der Waals surface area contributed by atoms with Crippen molar-refractivity contribution in [1.29, 1.82) is 0 Å².